The van der Waals surface area contributed by atoms with E-state index in [-0.39, 0.29) is 17.7 Å². The number of hydrogen-bond donors (Lipinski definition) is 1. The predicted octanol–water partition coefficient (Wildman–Crippen LogP) is 2.54. The van der Waals surface area contributed by atoms with E-state index >= 15 is 0 Å². The van der Waals surface area contributed by atoms with Gasteiger partial charge in [-0.3, -0.25) is 14.6 Å². The van der Waals surface area contributed by atoms with Crippen LogP contribution >= 0.6 is 0 Å². The van der Waals surface area contributed by atoms with E-state index in [1.165, 1.54) is 18.2 Å². The number of likely N-dealkylation sites (tertiary alicyclic amines) is 1. The van der Waals surface area contributed by atoms with Gasteiger partial charge in [-0.15, -0.1) is 0 Å². The Balaban J connectivity index is 1.44. The third kappa shape index (κ3) is 5.28. The van der Waals surface area contributed by atoms with Crippen LogP contribution in [-0.2, 0) is 16.1 Å². The number of nitrogens with zero attached hydrogens (tertiary/aromatic N) is 2. The van der Waals surface area contributed by atoms with Crippen LogP contribution in [0.1, 0.15) is 25.3 Å². The standard InChI is InChI=1S/C21H24FN3O3/c1-15(28-19-6-2-5-18(22)12-19)21(27)25-10-7-17(8-11-25)20(26)24-14-16-4-3-9-23-13-16/h2-6,9,12-13,15,17H,7-8,10-11,14H2,1H3,(H,24,26). The number of piperidine rings is 1. The van der Waals surface area contributed by atoms with Crippen LogP contribution in [0.4, 0.5) is 4.39 Å². The highest BCUT2D eigenvalue weighted by molar-refractivity contribution is 5.82. The lowest BCUT2D eigenvalue weighted by molar-refractivity contribution is -0.141. The summed E-state index contributed by atoms with van der Waals surface area (Å²) in [5.74, 6) is -0.348. The summed E-state index contributed by atoms with van der Waals surface area (Å²) in [6.07, 6.45) is 3.92. The summed E-state index contributed by atoms with van der Waals surface area (Å²) in [5, 5.41) is 2.93. The summed E-state index contributed by atoms with van der Waals surface area (Å²) in [5.41, 5.74) is 0.951. The molecule has 6 nitrogen and oxygen atoms in total. The van der Waals surface area contributed by atoms with Gasteiger partial charge in [-0.25, -0.2) is 4.39 Å². The number of carbonyl (C=O) groups is 2. The van der Waals surface area contributed by atoms with E-state index in [2.05, 4.69) is 10.3 Å². The van der Waals surface area contributed by atoms with Crippen LogP contribution in [0.5, 0.6) is 5.75 Å². The van der Waals surface area contributed by atoms with Crippen molar-refractivity contribution in [1.29, 1.82) is 0 Å². The van der Waals surface area contributed by atoms with Gasteiger partial charge in [-0.05, 0) is 43.5 Å². The number of halogens is 1. The average Bonchev–Trinajstić information content (AvgIpc) is 2.72. The number of aromatic nitrogens is 1. The molecule has 28 heavy (non-hydrogen) atoms. The second-order valence-electron chi connectivity index (χ2n) is 6.90. The number of amides is 2. The Bertz CT molecular complexity index is 808. The Kier molecular flexibility index (Phi) is 6.57. The lowest BCUT2D eigenvalue weighted by atomic mass is 9.95. The molecule has 3 rings (SSSR count). The van der Waals surface area contributed by atoms with E-state index in [1.807, 2.05) is 12.1 Å². The van der Waals surface area contributed by atoms with Crippen LogP contribution in [-0.4, -0.2) is 40.9 Å². The molecule has 1 atom stereocenters. The number of carbonyl (C=O) groups excluding carboxylic acids is 2. The van der Waals surface area contributed by atoms with Crippen LogP contribution in [0.25, 0.3) is 0 Å². The van der Waals surface area contributed by atoms with Gasteiger partial charge >= 0.3 is 0 Å². The summed E-state index contributed by atoms with van der Waals surface area (Å²) in [6.45, 7) is 3.10. The highest BCUT2D eigenvalue weighted by atomic mass is 19.1. The number of nitrogens with one attached hydrogen (secondary N) is 1. The van der Waals surface area contributed by atoms with E-state index in [9.17, 15) is 14.0 Å². The molecular weight excluding hydrogens is 361 g/mol. The third-order valence-electron chi connectivity index (χ3n) is 4.82. The van der Waals surface area contributed by atoms with Crippen molar-refractivity contribution in [2.75, 3.05) is 13.1 Å². The lowest BCUT2D eigenvalue weighted by Gasteiger charge is -2.33. The summed E-state index contributed by atoms with van der Waals surface area (Å²) >= 11 is 0. The Morgan fingerprint density at radius 2 is 2.07 bits per heavy atom. The summed E-state index contributed by atoms with van der Waals surface area (Å²) in [4.78, 5) is 30.7. The maximum Gasteiger partial charge on any atom is 0.263 e. The summed E-state index contributed by atoms with van der Waals surface area (Å²) in [7, 11) is 0. The van der Waals surface area contributed by atoms with Crippen molar-refractivity contribution in [3.8, 4) is 5.75 Å². The molecule has 1 aromatic carbocycles. The van der Waals surface area contributed by atoms with Gasteiger partial charge in [-0.2, -0.15) is 0 Å². The summed E-state index contributed by atoms with van der Waals surface area (Å²) < 4.78 is 18.8. The van der Waals surface area contributed by atoms with Gasteiger partial charge < -0.3 is 15.0 Å². The molecular formula is C21H24FN3O3. The largest absolute Gasteiger partial charge is 0.481 e. The van der Waals surface area contributed by atoms with Gasteiger partial charge in [0.1, 0.15) is 11.6 Å². The van der Waals surface area contributed by atoms with E-state index < -0.39 is 11.9 Å². The Morgan fingerprint density at radius 3 is 2.75 bits per heavy atom. The molecule has 0 aliphatic carbocycles. The monoisotopic (exact) mass is 385 g/mol. The van der Waals surface area contributed by atoms with E-state index in [0.717, 1.165) is 5.56 Å². The van der Waals surface area contributed by atoms with Crippen molar-refractivity contribution in [1.82, 2.24) is 15.2 Å². The number of hydrogen-bond acceptors (Lipinski definition) is 4. The van der Waals surface area contributed by atoms with Crippen molar-refractivity contribution >= 4 is 11.8 Å². The van der Waals surface area contributed by atoms with Gasteiger partial charge in [0.15, 0.2) is 6.10 Å². The molecule has 7 heteroatoms. The molecule has 0 saturated carbocycles. The first-order valence-electron chi connectivity index (χ1n) is 9.40. The number of rotatable bonds is 6. The maximum atomic E-state index is 13.2. The Morgan fingerprint density at radius 1 is 1.29 bits per heavy atom. The fourth-order valence-corrected chi connectivity index (χ4v) is 3.25. The molecule has 1 aliphatic rings. The van der Waals surface area contributed by atoms with Crippen molar-refractivity contribution in [2.24, 2.45) is 5.92 Å². The van der Waals surface area contributed by atoms with Crippen LogP contribution in [0, 0.1) is 11.7 Å². The fraction of sp³-hybridized carbons (Fsp3) is 0.381. The lowest BCUT2D eigenvalue weighted by Crippen LogP contribution is -2.47. The zero-order valence-corrected chi connectivity index (χ0v) is 15.8. The van der Waals surface area contributed by atoms with Crippen LogP contribution in [0.3, 0.4) is 0 Å². The molecule has 2 amide bonds. The van der Waals surface area contributed by atoms with Crippen molar-refractivity contribution < 1.29 is 18.7 Å². The molecule has 1 saturated heterocycles. The first-order chi connectivity index (χ1) is 13.5. The molecule has 0 bridgehead atoms. The third-order valence-corrected chi connectivity index (χ3v) is 4.82. The fourth-order valence-electron chi connectivity index (χ4n) is 3.25. The quantitative estimate of drug-likeness (QED) is 0.830. The molecule has 1 aromatic heterocycles. The Hall–Kier alpha value is -2.96. The zero-order valence-electron chi connectivity index (χ0n) is 15.8. The normalized spacial score (nSPS) is 15.7. The molecule has 0 spiro atoms. The molecule has 1 unspecified atom stereocenters. The molecule has 2 heterocycles. The van der Waals surface area contributed by atoms with Crippen LogP contribution in [0.2, 0.25) is 0 Å². The zero-order chi connectivity index (χ0) is 19.9. The van der Waals surface area contributed by atoms with Gasteiger partial charge in [0.25, 0.3) is 5.91 Å². The van der Waals surface area contributed by atoms with Gasteiger partial charge in [0, 0.05) is 44.0 Å². The molecule has 1 fully saturated rings. The molecule has 0 radical (unpaired) electrons. The molecule has 1 N–H and O–H groups in total. The smallest absolute Gasteiger partial charge is 0.263 e. The van der Waals surface area contributed by atoms with E-state index in [0.29, 0.717) is 38.2 Å². The average molecular weight is 385 g/mol. The molecule has 2 aromatic rings. The minimum atomic E-state index is -0.710. The first-order valence-corrected chi connectivity index (χ1v) is 9.40. The van der Waals surface area contributed by atoms with Gasteiger partial charge in [0.05, 0.1) is 0 Å². The predicted molar refractivity (Wildman–Crippen MR) is 102 cm³/mol. The number of benzene rings is 1. The highest BCUT2D eigenvalue weighted by Gasteiger charge is 2.30. The second-order valence-corrected chi connectivity index (χ2v) is 6.90. The molecule has 1 aliphatic heterocycles. The summed E-state index contributed by atoms with van der Waals surface area (Å²) in [6, 6.07) is 9.47. The number of pyridine rings is 1. The topological polar surface area (TPSA) is 71.5 Å². The van der Waals surface area contributed by atoms with E-state index in [4.69, 9.17) is 4.74 Å². The Labute approximate surface area is 163 Å². The van der Waals surface area contributed by atoms with Crippen LogP contribution in [0.15, 0.2) is 48.8 Å². The van der Waals surface area contributed by atoms with Crippen molar-refractivity contribution in [3.63, 3.8) is 0 Å². The second kappa shape index (κ2) is 9.30. The van der Waals surface area contributed by atoms with Crippen molar-refractivity contribution in [3.05, 3.63) is 60.2 Å². The van der Waals surface area contributed by atoms with Crippen LogP contribution < -0.4 is 10.1 Å². The van der Waals surface area contributed by atoms with Crippen molar-refractivity contribution in [2.45, 2.75) is 32.4 Å². The number of ether oxygens (including phenoxy) is 1. The van der Waals surface area contributed by atoms with Gasteiger partial charge in [-0.1, -0.05) is 12.1 Å². The minimum Gasteiger partial charge on any atom is -0.481 e. The van der Waals surface area contributed by atoms with E-state index in [1.54, 1.807) is 30.3 Å². The first kappa shape index (κ1) is 19.8. The SMILES string of the molecule is CC(Oc1cccc(F)c1)C(=O)N1CCC(C(=O)NCc2cccnc2)CC1. The maximum absolute atomic E-state index is 13.2. The highest BCUT2D eigenvalue weighted by Crippen LogP contribution is 2.20. The minimum absolute atomic E-state index is 0.0000104. The van der Waals surface area contributed by atoms with Gasteiger partial charge in [0.2, 0.25) is 5.91 Å². The molecule has 148 valence electrons.